The van der Waals surface area contributed by atoms with Crippen molar-refractivity contribution < 1.29 is 18.7 Å². The summed E-state index contributed by atoms with van der Waals surface area (Å²) in [6, 6.07) is 13.4. The maximum absolute atomic E-state index is 13.2. The summed E-state index contributed by atoms with van der Waals surface area (Å²) < 4.78 is 18.6. The van der Waals surface area contributed by atoms with Crippen LogP contribution in [0.15, 0.2) is 48.5 Å². The summed E-state index contributed by atoms with van der Waals surface area (Å²) in [6.07, 6.45) is 3.14. The summed E-state index contributed by atoms with van der Waals surface area (Å²) in [5.74, 6) is -0.546. The van der Waals surface area contributed by atoms with Gasteiger partial charge in [-0.3, -0.25) is 9.59 Å². The third-order valence-corrected chi connectivity index (χ3v) is 5.11. The summed E-state index contributed by atoms with van der Waals surface area (Å²) >= 11 is 0. The van der Waals surface area contributed by atoms with E-state index in [4.69, 9.17) is 4.74 Å². The van der Waals surface area contributed by atoms with Gasteiger partial charge in [-0.15, -0.1) is 0 Å². The summed E-state index contributed by atoms with van der Waals surface area (Å²) in [7, 11) is 0. The minimum Gasteiger partial charge on any atom is -0.368 e. The first-order valence-corrected chi connectivity index (χ1v) is 9.68. The molecule has 2 aliphatic rings. The highest BCUT2D eigenvalue weighted by Gasteiger charge is 2.33. The molecule has 5 nitrogen and oxygen atoms in total. The fourth-order valence-corrected chi connectivity index (χ4v) is 3.44. The molecule has 2 aromatic rings. The Morgan fingerprint density at radius 2 is 1.89 bits per heavy atom. The van der Waals surface area contributed by atoms with E-state index >= 15 is 0 Å². The number of carbonyl (C=O) groups excluding carboxylic acids is 2. The first kappa shape index (κ1) is 18.6. The van der Waals surface area contributed by atoms with Gasteiger partial charge in [0.05, 0.1) is 0 Å². The van der Waals surface area contributed by atoms with Crippen molar-refractivity contribution in [3.05, 3.63) is 65.5 Å². The van der Waals surface area contributed by atoms with Gasteiger partial charge in [0.2, 0.25) is 0 Å². The normalized spacial score (nSPS) is 18.7. The Balaban J connectivity index is 1.47. The molecule has 4 rings (SSSR count). The largest absolute Gasteiger partial charge is 0.368 e. The van der Waals surface area contributed by atoms with Crippen LogP contribution in [0, 0.1) is 5.82 Å². The Kier molecular flexibility index (Phi) is 5.39. The molecule has 1 N–H and O–H groups in total. The van der Waals surface area contributed by atoms with Gasteiger partial charge in [0, 0.05) is 30.4 Å². The summed E-state index contributed by atoms with van der Waals surface area (Å²) in [6.45, 7) is 1.05. The van der Waals surface area contributed by atoms with Crippen LogP contribution in [-0.4, -0.2) is 35.5 Å². The van der Waals surface area contributed by atoms with Gasteiger partial charge >= 0.3 is 0 Å². The molecule has 146 valence electrons. The van der Waals surface area contributed by atoms with Crippen molar-refractivity contribution in [1.29, 1.82) is 0 Å². The number of rotatable bonds is 6. The molecule has 1 saturated carbocycles. The second-order valence-corrected chi connectivity index (χ2v) is 7.36. The summed E-state index contributed by atoms with van der Waals surface area (Å²) in [4.78, 5) is 27.2. The van der Waals surface area contributed by atoms with Crippen LogP contribution in [0.25, 0.3) is 0 Å². The highest BCUT2D eigenvalue weighted by molar-refractivity contribution is 5.98. The van der Waals surface area contributed by atoms with Crippen molar-refractivity contribution in [3.8, 4) is 0 Å². The zero-order valence-electron chi connectivity index (χ0n) is 15.6. The van der Waals surface area contributed by atoms with Gasteiger partial charge < -0.3 is 15.0 Å². The molecule has 0 radical (unpaired) electrons. The molecule has 1 atom stereocenters. The second-order valence-electron chi connectivity index (χ2n) is 7.36. The Bertz CT molecular complexity index is 858. The molecule has 0 aromatic heterocycles. The lowest BCUT2D eigenvalue weighted by Gasteiger charge is -2.23. The second kappa shape index (κ2) is 8.10. The molecule has 2 aromatic carbocycles. The maximum Gasteiger partial charge on any atom is 0.254 e. The number of nitrogens with one attached hydrogen (secondary N) is 1. The molecule has 6 heteroatoms. The average molecular weight is 382 g/mol. The molecular weight excluding hydrogens is 359 g/mol. The zero-order chi connectivity index (χ0) is 19.5. The molecule has 2 amide bonds. The monoisotopic (exact) mass is 382 g/mol. The van der Waals surface area contributed by atoms with E-state index in [0.29, 0.717) is 24.4 Å². The van der Waals surface area contributed by atoms with E-state index in [1.807, 2.05) is 4.90 Å². The van der Waals surface area contributed by atoms with Crippen molar-refractivity contribution in [3.63, 3.8) is 0 Å². The molecule has 1 aliphatic heterocycles. The Hall–Kier alpha value is -2.73. The van der Waals surface area contributed by atoms with Gasteiger partial charge in [-0.05, 0) is 61.6 Å². The van der Waals surface area contributed by atoms with Gasteiger partial charge in [-0.2, -0.15) is 0 Å². The van der Waals surface area contributed by atoms with E-state index in [9.17, 15) is 14.0 Å². The van der Waals surface area contributed by atoms with Crippen LogP contribution in [0.3, 0.4) is 0 Å². The van der Waals surface area contributed by atoms with Gasteiger partial charge in [0.15, 0.2) is 0 Å². The minimum atomic E-state index is -0.416. The van der Waals surface area contributed by atoms with E-state index in [0.717, 1.165) is 31.2 Å². The third-order valence-electron chi connectivity index (χ3n) is 5.11. The number of anilines is 1. The minimum absolute atomic E-state index is 0.0833. The van der Waals surface area contributed by atoms with Crippen molar-refractivity contribution in [2.75, 3.05) is 11.9 Å². The number of nitrogens with zero attached hydrogens (tertiary/aromatic N) is 1. The molecule has 0 spiro atoms. The van der Waals surface area contributed by atoms with E-state index in [-0.39, 0.29) is 23.7 Å². The van der Waals surface area contributed by atoms with E-state index in [1.54, 1.807) is 36.4 Å². The molecule has 1 heterocycles. The van der Waals surface area contributed by atoms with Crippen molar-refractivity contribution in [2.45, 2.75) is 44.4 Å². The van der Waals surface area contributed by atoms with Crippen LogP contribution < -0.4 is 5.32 Å². The lowest BCUT2D eigenvalue weighted by atomic mass is 10.1. The standard InChI is InChI=1S/C22H23FN2O3/c23-17-8-6-15(7-9-17)14-25(19-10-11-19)22(27)16-3-1-4-18(13-16)24-21(26)20-5-2-12-28-20/h1,3-4,6-9,13,19-20H,2,5,10-12,14H2,(H,24,26). The summed E-state index contributed by atoms with van der Waals surface area (Å²) in [5.41, 5.74) is 2.01. The highest BCUT2D eigenvalue weighted by atomic mass is 19.1. The quantitative estimate of drug-likeness (QED) is 0.828. The van der Waals surface area contributed by atoms with Crippen LogP contribution >= 0.6 is 0 Å². The Morgan fingerprint density at radius 3 is 2.57 bits per heavy atom. The van der Waals surface area contributed by atoms with E-state index in [2.05, 4.69) is 5.32 Å². The average Bonchev–Trinajstić information content (AvgIpc) is 3.39. The fraction of sp³-hybridized carbons (Fsp3) is 0.364. The van der Waals surface area contributed by atoms with Crippen LogP contribution in [0.2, 0.25) is 0 Å². The van der Waals surface area contributed by atoms with Crippen molar-refractivity contribution in [2.24, 2.45) is 0 Å². The van der Waals surface area contributed by atoms with Crippen LogP contribution in [-0.2, 0) is 16.1 Å². The maximum atomic E-state index is 13.2. The first-order valence-electron chi connectivity index (χ1n) is 9.68. The van der Waals surface area contributed by atoms with Crippen LogP contribution in [0.1, 0.15) is 41.6 Å². The van der Waals surface area contributed by atoms with Crippen molar-refractivity contribution in [1.82, 2.24) is 4.90 Å². The molecule has 2 fully saturated rings. The molecule has 0 bridgehead atoms. The van der Waals surface area contributed by atoms with Gasteiger partial charge in [0.25, 0.3) is 11.8 Å². The lowest BCUT2D eigenvalue weighted by molar-refractivity contribution is -0.124. The zero-order valence-corrected chi connectivity index (χ0v) is 15.6. The molecule has 1 saturated heterocycles. The molecule has 1 unspecified atom stereocenters. The number of carbonyl (C=O) groups is 2. The third kappa shape index (κ3) is 4.39. The molecule has 1 aliphatic carbocycles. The first-order chi connectivity index (χ1) is 13.6. The fourth-order valence-electron chi connectivity index (χ4n) is 3.44. The topological polar surface area (TPSA) is 58.6 Å². The van der Waals surface area contributed by atoms with E-state index < -0.39 is 6.10 Å². The van der Waals surface area contributed by atoms with Crippen LogP contribution in [0.4, 0.5) is 10.1 Å². The van der Waals surface area contributed by atoms with Crippen LogP contribution in [0.5, 0.6) is 0 Å². The SMILES string of the molecule is O=C(Nc1cccc(C(=O)N(Cc2ccc(F)cc2)C2CC2)c1)C1CCCO1. The van der Waals surface area contributed by atoms with Gasteiger partial charge in [0.1, 0.15) is 11.9 Å². The number of amides is 2. The number of hydrogen-bond acceptors (Lipinski definition) is 3. The molecular formula is C22H23FN2O3. The van der Waals surface area contributed by atoms with E-state index in [1.165, 1.54) is 12.1 Å². The Labute approximate surface area is 163 Å². The Morgan fingerprint density at radius 1 is 1.11 bits per heavy atom. The number of halogens is 1. The van der Waals surface area contributed by atoms with Gasteiger partial charge in [-0.25, -0.2) is 4.39 Å². The van der Waals surface area contributed by atoms with Gasteiger partial charge in [-0.1, -0.05) is 18.2 Å². The number of ether oxygens (including phenoxy) is 1. The predicted octanol–water partition coefficient (Wildman–Crippen LogP) is 3.75. The predicted molar refractivity (Wildman–Crippen MR) is 103 cm³/mol. The smallest absolute Gasteiger partial charge is 0.254 e. The van der Waals surface area contributed by atoms with Crippen molar-refractivity contribution >= 4 is 17.5 Å². The number of benzene rings is 2. The number of hydrogen-bond donors (Lipinski definition) is 1. The lowest BCUT2D eigenvalue weighted by Crippen LogP contribution is -2.32. The summed E-state index contributed by atoms with van der Waals surface area (Å²) in [5, 5.41) is 2.84. The molecule has 28 heavy (non-hydrogen) atoms. The highest BCUT2D eigenvalue weighted by Crippen LogP contribution is 2.30.